The van der Waals surface area contributed by atoms with Gasteiger partial charge in [0.15, 0.2) is 5.78 Å². The highest BCUT2D eigenvalue weighted by Gasteiger charge is 2.43. The van der Waals surface area contributed by atoms with Crippen LogP contribution in [0.15, 0.2) is 134 Å². The van der Waals surface area contributed by atoms with Gasteiger partial charge in [0, 0.05) is 37.4 Å². The first-order chi connectivity index (χ1) is 21.8. The summed E-state index contributed by atoms with van der Waals surface area (Å²) < 4.78 is 0. The first-order valence-corrected chi connectivity index (χ1v) is 16.6. The number of hydrogen-bond acceptors (Lipinski definition) is 4. The second-order valence-electron chi connectivity index (χ2n) is 12.2. The topological polar surface area (TPSA) is 69.1 Å². The summed E-state index contributed by atoms with van der Waals surface area (Å²) in [4.78, 5) is 15.8. The fraction of sp³-hybridized carbons (Fsp3) is 0.262. The standard InChI is InChI=1S/C32H32OS.C6H13N.C4H7N/c1-8-11-12-13-15-21-16-17-24-26(18-21)32(6,7)28-20-22(34-30(24)28)19-27-29(33)23(14-9-2)25(10-3)31(27,4)5;1-3-4-5-6(2)7;1-2-3-4-5/h8-20H,1-2H2,3-7H3;2-5,7H2,1H3;2-4H,1,5H2/b12-11-,15-13-,23-14+,25-10+,27-19+;;4-3-. The summed E-state index contributed by atoms with van der Waals surface area (Å²) in [5, 5.41) is 0. The monoisotopic (exact) mass is 632 g/mol. The molecule has 242 valence electrons. The average molecular weight is 633 g/mol. The molecule has 1 aromatic heterocycles. The van der Waals surface area contributed by atoms with Crippen molar-refractivity contribution in [2.45, 2.75) is 66.2 Å². The fourth-order valence-corrected chi connectivity index (χ4v) is 6.99. The molecule has 0 unspecified atom stereocenters. The first kappa shape index (κ1) is 37.8. The molecular formula is C42H52N2OS. The van der Waals surface area contributed by atoms with Crippen LogP contribution < -0.4 is 11.5 Å². The molecule has 2 aliphatic carbocycles. The second-order valence-corrected chi connectivity index (χ2v) is 13.3. The molecule has 2 aromatic rings. The lowest BCUT2D eigenvalue weighted by Gasteiger charge is -2.21. The molecule has 46 heavy (non-hydrogen) atoms. The van der Waals surface area contributed by atoms with Crippen LogP contribution in [0.4, 0.5) is 0 Å². The molecule has 3 nitrogen and oxygen atoms in total. The van der Waals surface area contributed by atoms with Gasteiger partial charge in [0.1, 0.15) is 0 Å². The van der Waals surface area contributed by atoms with Gasteiger partial charge in [0.25, 0.3) is 0 Å². The number of ketones is 1. The van der Waals surface area contributed by atoms with Crippen LogP contribution in [0.25, 0.3) is 22.6 Å². The van der Waals surface area contributed by atoms with Crippen molar-refractivity contribution in [3.05, 3.63) is 155 Å². The zero-order valence-corrected chi connectivity index (χ0v) is 29.5. The number of unbranched alkanes of at least 4 members (excludes halogenated alkanes) is 1. The van der Waals surface area contributed by atoms with E-state index in [4.69, 9.17) is 11.5 Å². The summed E-state index contributed by atoms with van der Waals surface area (Å²) in [6, 6.07) is 8.99. The van der Waals surface area contributed by atoms with Gasteiger partial charge in [0.2, 0.25) is 0 Å². The van der Waals surface area contributed by atoms with Crippen molar-refractivity contribution in [1.29, 1.82) is 0 Å². The van der Waals surface area contributed by atoms with Crippen LogP contribution in [0.5, 0.6) is 0 Å². The van der Waals surface area contributed by atoms with E-state index in [1.54, 1.807) is 35.6 Å². The Morgan fingerprint density at radius 3 is 2.13 bits per heavy atom. The molecule has 0 atom stereocenters. The highest BCUT2D eigenvalue weighted by molar-refractivity contribution is 7.16. The fourth-order valence-electron chi connectivity index (χ4n) is 5.68. The Morgan fingerprint density at radius 2 is 1.61 bits per heavy atom. The van der Waals surface area contributed by atoms with Crippen LogP contribution in [0.3, 0.4) is 0 Å². The summed E-state index contributed by atoms with van der Waals surface area (Å²) >= 11 is 1.78. The Labute approximate surface area is 282 Å². The minimum Gasteiger partial charge on any atom is -0.405 e. The van der Waals surface area contributed by atoms with E-state index in [9.17, 15) is 4.79 Å². The highest BCUT2D eigenvalue weighted by atomic mass is 32.1. The Bertz CT molecular complexity index is 1630. The highest BCUT2D eigenvalue weighted by Crippen LogP contribution is 2.54. The molecule has 1 aromatic carbocycles. The molecule has 4 rings (SSSR count). The van der Waals surface area contributed by atoms with E-state index >= 15 is 0 Å². The number of benzene rings is 1. The molecule has 0 radical (unpaired) electrons. The minimum absolute atomic E-state index is 0.0870. The van der Waals surface area contributed by atoms with Gasteiger partial charge in [-0.25, -0.2) is 0 Å². The quantitative estimate of drug-likeness (QED) is 0.213. The van der Waals surface area contributed by atoms with Crippen molar-refractivity contribution >= 4 is 29.3 Å². The van der Waals surface area contributed by atoms with Gasteiger partial charge in [-0.05, 0) is 72.0 Å². The number of nitrogens with two attached hydrogens (primary N) is 2. The van der Waals surface area contributed by atoms with Crippen molar-refractivity contribution in [2.75, 3.05) is 0 Å². The zero-order valence-electron chi connectivity index (χ0n) is 28.7. The molecule has 0 aliphatic heterocycles. The molecule has 1 fully saturated rings. The maximum absolute atomic E-state index is 13.3. The number of carbonyl (C=O) groups excluding carboxylic acids is 1. The number of fused-ring (bicyclic) bond motifs is 3. The SMILES string of the molecule is C=C(N)CCCC.C=C/C=C\C=C/c1ccc2c(c1)C(C)(C)c1cc(/C=C3\C(=O)C(=C/C=C)/C(=C\C)C3(C)C)sc1-2.C=C/C=C\N. The lowest BCUT2D eigenvalue weighted by molar-refractivity contribution is -0.111. The molecule has 2 aliphatic rings. The van der Waals surface area contributed by atoms with Gasteiger partial charge < -0.3 is 11.5 Å². The van der Waals surface area contributed by atoms with Crippen LogP contribution in [0.1, 0.15) is 82.4 Å². The summed E-state index contributed by atoms with van der Waals surface area (Å²) in [6.45, 7) is 27.5. The third kappa shape index (κ3) is 8.86. The van der Waals surface area contributed by atoms with E-state index < -0.39 is 0 Å². The van der Waals surface area contributed by atoms with Gasteiger partial charge in [-0.15, -0.1) is 11.3 Å². The largest absolute Gasteiger partial charge is 0.405 e. The second kappa shape index (κ2) is 17.3. The molecule has 1 saturated carbocycles. The number of thiophene rings is 1. The predicted octanol–water partition coefficient (Wildman–Crippen LogP) is 11.2. The average Bonchev–Trinajstić information content (AvgIpc) is 3.59. The van der Waals surface area contributed by atoms with Crippen LogP contribution in [-0.2, 0) is 10.2 Å². The number of allylic oxidation sites excluding steroid dienone is 13. The van der Waals surface area contributed by atoms with Crippen molar-refractivity contribution in [2.24, 2.45) is 16.9 Å². The van der Waals surface area contributed by atoms with Gasteiger partial charge in [-0.2, -0.15) is 0 Å². The smallest absolute Gasteiger partial charge is 0.190 e. The summed E-state index contributed by atoms with van der Waals surface area (Å²) in [7, 11) is 0. The van der Waals surface area contributed by atoms with Crippen LogP contribution in [-0.4, -0.2) is 5.78 Å². The molecule has 0 spiro atoms. The Morgan fingerprint density at radius 1 is 0.913 bits per heavy atom. The third-order valence-electron chi connectivity index (χ3n) is 8.12. The molecule has 4 heteroatoms. The number of carbonyl (C=O) groups is 1. The lowest BCUT2D eigenvalue weighted by atomic mass is 9.81. The molecule has 0 bridgehead atoms. The van der Waals surface area contributed by atoms with Crippen molar-refractivity contribution in [3.8, 4) is 10.4 Å². The van der Waals surface area contributed by atoms with Crippen LogP contribution in [0, 0.1) is 5.41 Å². The van der Waals surface area contributed by atoms with E-state index in [0.29, 0.717) is 0 Å². The molecule has 4 N–H and O–H groups in total. The Balaban J connectivity index is 0.000000522. The maximum atomic E-state index is 13.3. The van der Waals surface area contributed by atoms with Crippen LogP contribution >= 0.6 is 11.3 Å². The van der Waals surface area contributed by atoms with Gasteiger partial charge in [-0.3, -0.25) is 4.79 Å². The molecule has 0 saturated heterocycles. The summed E-state index contributed by atoms with van der Waals surface area (Å²) in [5.41, 5.74) is 18.4. The van der Waals surface area contributed by atoms with Crippen molar-refractivity contribution in [1.82, 2.24) is 0 Å². The normalized spacial score (nSPS) is 18.4. The van der Waals surface area contributed by atoms with Crippen molar-refractivity contribution in [3.63, 3.8) is 0 Å². The summed E-state index contributed by atoms with van der Waals surface area (Å²) in [5.74, 6) is 0.105. The minimum atomic E-state index is -0.330. The van der Waals surface area contributed by atoms with Gasteiger partial charge in [-0.1, -0.05) is 140 Å². The molecule has 1 heterocycles. The van der Waals surface area contributed by atoms with E-state index in [1.807, 2.05) is 31.2 Å². The summed E-state index contributed by atoms with van der Waals surface area (Å²) in [6.07, 6.45) is 25.7. The maximum Gasteiger partial charge on any atom is 0.190 e. The van der Waals surface area contributed by atoms with Crippen molar-refractivity contribution < 1.29 is 4.79 Å². The molecule has 0 amide bonds. The zero-order chi connectivity index (χ0) is 34.5. The molecular weight excluding hydrogens is 581 g/mol. The van der Waals surface area contributed by atoms with E-state index in [2.05, 4.69) is 103 Å². The third-order valence-corrected chi connectivity index (χ3v) is 9.23. The van der Waals surface area contributed by atoms with Gasteiger partial charge >= 0.3 is 0 Å². The van der Waals surface area contributed by atoms with E-state index in [0.717, 1.165) is 33.7 Å². The lowest BCUT2D eigenvalue weighted by Crippen LogP contribution is -2.14. The van der Waals surface area contributed by atoms with E-state index in [1.165, 1.54) is 46.2 Å². The van der Waals surface area contributed by atoms with E-state index in [-0.39, 0.29) is 16.6 Å². The van der Waals surface area contributed by atoms with Crippen LogP contribution in [0.2, 0.25) is 0 Å². The number of rotatable bonds is 9. The predicted molar refractivity (Wildman–Crippen MR) is 205 cm³/mol. The Hall–Kier alpha value is -4.41. The first-order valence-electron chi connectivity index (χ1n) is 15.8. The van der Waals surface area contributed by atoms with Gasteiger partial charge in [0.05, 0.1) is 0 Å². The Kier molecular flexibility index (Phi) is 14.2. The number of Topliss-reactive ketones (excluding diaryl/α,β-unsaturated/α-hetero) is 1. The number of hydrogen-bond donors (Lipinski definition) is 2.